The molecule has 0 saturated carbocycles. The Morgan fingerprint density at radius 2 is 2.20 bits per heavy atom. The third-order valence-electron chi connectivity index (χ3n) is 1.61. The van der Waals surface area contributed by atoms with Crippen molar-refractivity contribution in [2.75, 3.05) is 0 Å². The quantitative estimate of drug-likeness (QED) is 0.653. The van der Waals surface area contributed by atoms with E-state index in [1.54, 1.807) is 6.07 Å². The molecule has 0 atom stereocenters. The predicted molar refractivity (Wildman–Crippen MR) is 52.5 cm³/mol. The summed E-state index contributed by atoms with van der Waals surface area (Å²) >= 11 is 2.96. The number of nitrogens with zero attached hydrogens (tertiary/aromatic N) is 2. The number of rotatable bonds is 2. The first-order valence-electron chi connectivity index (χ1n) is 3.58. The van der Waals surface area contributed by atoms with Gasteiger partial charge in [0.05, 0.1) is 10.5 Å². The second-order valence-corrected chi connectivity index (χ2v) is 3.44. The Morgan fingerprint density at radius 1 is 1.60 bits per heavy atom. The highest BCUT2D eigenvalue weighted by molar-refractivity contribution is 9.10. The van der Waals surface area contributed by atoms with Gasteiger partial charge in [0.25, 0.3) is 5.69 Å². The van der Waals surface area contributed by atoms with Crippen LogP contribution < -0.4 is 0 Å². The van der Waals surface area contributed by atoms with Gasteiger partial charge in [0.15, 0.2) is 5.56 Å². The Morgan fingerprint density at radius 3 is 2.60 bits per heavy atom. The van der Waals surface area contributed by atoms with Crippen LogP contribution in [0.4, 0.5) is 5.69 Å². The van der Waals surface area contributed by atoms with Crippen molar-refractivity contribution in [2.24, 2.45) is 0 Å². The molecule has 1 aromatic rings. The highest BCUT2D eigenvalue weighted by atomic mass is 79.9. The van der Waals surface area contributed by atoms with Gasteiger partial charge in [-0.1, -0.05) is 15.9 Å². The summed E-state index contributed by atoms with van der Waals surface area (Å²) in [5.74, 6) is -1.49. The average Bonchev–Trinajstić information content (AvgIpc) is 2.15. The Bertz CT molecular complexity index is 492. The van der Waals surface area contributed by atoms with Crippen LogP contribution in [-0.2, 0) is 0 Å². The van der Waals surface area contributed by atoms with E-state index in [1.807, 2.05) is 0 Å². The third-order valence-corrected chi connectivity index (χ3v) is 2.07. The van der Waals surface area contributed by atoms with E-state index in [2.05, 4.69) is 15.9 Å². The van der Waals surface area contributed by atoms with Crippen molar-refractivity contribution in [3.63, 3.8) is 0 Å². The number of nitriles is 1. The zero-order valence-electron chi connectivity index (χ0n) is 7.10. The lowest BCUT2D eigenvalue weighted by molar-refractivity contribution is -0.385. The fourth-order valence-corrected chi connectivity index (χ4v) is 1.50. The minimum Gasteiger partial charge on any atom is -0.477 e. The van der Waals surface area contributed by atoms with Crippen LogP contribution in [0.15, 0.2) is 16.6 Å². The van der Waals surface area contributed by atoms with Crippen LogP contribution >= 0.6 is 15.9 Å². The van der Waals surface area contributed by atoms with Crippen molar-refractivity contribution in [3.05, 3.63) is 37.8 Å². The van der Waals surface area contributed by atoms with Gasteiger partial charge in [-0.3, -0.25) is 10.1 Å². The number of halogens is 1. The molecule has 0 unspecified atom stereocenters. The molecule has 1 rings (SSSR count). The number of hydrogen-bond donors (Lipinski definition) is 1. The van der Waals surface area contributed by atoms with E-state index in [1.165, 1.54) is 6.07 Å². The molecule has 0 aliphatic rings. The maximum absolute atomic E-state index is 10.7. The molecule has 76 valence electrons. The summed E-state index contributed by atoms with van der Waals surface area (Å²) in [6.07, 6.45) is 0. The molecule has 1 N–H and O–H groups in total. The molecule has 0 amide bonds. The predicted octanol–water partition coefficient (Wildman–Crippen LogP) is 1.93. The van der Waals surface area contributed by atoms with Gasteiger partial charge in [0.2, 0.25) is 0 Å². The molecule has 0 aliphatic heterocycles. The summed E-state index contributed by atoms with van der Waals surface area (Å²) in [6.45, 7) is 0. The number of hydrogen-bond acceptors (Lipinski definition) is 4. The number of aromatic carboxylic acids is 1. The minimum absolute atomic E-state index is 0.247. The Labute approximate surface area is 92.0 Å². The first-order valence-corrected chi connectivity index (χ1v) is 4.38. The van der Waals surface area contributed by atoms with E-state index in [4.69, 9.17) is 10.4 Å². The van der Waals surface area contributed by atoms with Crippen LogP contribution in [0, 0.1) is 21.4 Å². The van der Waals surface area contributed by atoms with Gasteiger partial charge in [-0.05, 0) is 6.07 Å². The summed E-state index contributed by atoms with van der Waals surface area (Å²) in [7, 11) is 0. The van der Waals surface area contributed by atoms with Crippen LogP contribution in [-0.4, -0.2) is 16.0 Å². The van der Waals surface area contributed by atoms with Gasteiger partial charge < -0.3 is 5.11 Å². The maximum Gasteiger partial charge on any atom is 0.344 e. The summed E-state index contributed by atoms with van der Waals surface area (Å²) < 4.78 is 0.288. The van der Waals surface area contributed by atoms with E-state index in [0.717, 1.165) is 6.07 Å². The Balaban J connectivity index is 3.64. The molecule has 0 aromatic heterocycles. The summed E-state index contributed by atoms with van der Waals surface area (Å²) in [5.41, 5.74) is -1.44. The number of carbonyl (C=O) groups is 1. The van der Waals surface area contributed by atoms with E-state index < -0.39 is 22.1 Å². The SMILES string of the molecule is N#Cc1cc(Br)cc([N+](=O)[O-])c1C(=O)O. The zero-order valence-corrected chi connectivity index (χ0v) is 8.69. The largest absolute Gasteiger partial charge is 0.477 e. The van der Waals surface area contributed by atoms with E-state index >= 15 is 0 Å². The van der Waals surface area contributed by atoms with Crippen LogP contribution in [0.2, 0.25) is 0 Å². The van der Waals surface area contributed by atoms with E-state index in [9.17, 15) is 14.9 Å². The lowest BCUT2D eigenvalue weighted by atomic mass is 10.1. The second kappa shape index (κ2) is 4.06. The molecule has 0 spiro atoms. The normalized spacial score (nSPS) is 9.33. The van der Waals surface area contributed by atoms with Crippen molar-refractivity contribution in [2.45, 2.75) is 0 Å². The molecule has 0 aliphatic carbocycles. The molecule has 0 radical (unpaired) electrons. The Hall–Kier alpha value is -1.94. The third kappa shape index (κ3) is 2.11. The maximum atomic E-state index is 10.7. The fraction of sp³-hybridized carbons (Fsp3) is 0. The number of nitro benzene ring substituents is 1. The number of carboxylic acid groups (broad SMARTS) is 1. The molecule has 0 heterocycles. The molecular formula is C8H3BrN2O4. The van der Waals surface area contributed by atoms with Crippen molar-refractivity contribution in [3.8, 4) is 6.07 Å². The summed E-state index contributed by atoms with van der Waals surface area (Å²) in [5, 5.41) is 27.9. The van der Waals surface area contributed by atoms with Gasteiger partial charge in [0.1, 0.15) is 6.07 Å². The van der Waals surface area contributed by atoms with Gasteiger partial charge in [-0.2, -0.15) is 5.26 Å². The van der Waals surface area contributed by atoms with Crippen LogP contribution in [0.1, 0.15) is 15.9 Å². The first-order chi connectivity index (χ1) is 6.97. The van der Waals surface area contributed by atoms with Crippen LogP contribution in [0.25, 0.3) is 0 Å². The van der Waals surface area contributed by atoms with Gasteiger partial charge in [-0.25, -0.2) is 4.79 Å². The topological polar surface area (TPSA) is 104 Å². The van der Waals surface area contributed by atoms with Crippen molar-refractivity contribution < 1.29 is 14.8 Å². The minimum atomic E-state index is -1.49. The molecule has 1 aromatic carbocycles. The molecule has 15 heavy (non-hydrogen) atoms. The highest BCUT2D eigenvalue weighted by Crippen LogP contribution is 2.27. The molecule has 6 nitrogen and oxygen atoms in total. The summed E-state index contributed by atoms with van der Waals surface area (Å²) in [6, 6.07) is 3.86. The smallest absolute Gasteiger partial charge is 0.344 e. The fourth-order valence-electron chi connectivity index (χ4n) is 1.05. The van der Waals surface area contributed by atoms with Crippen molar-refractivity contribution in [1.29, 1.82) is 5.26 Å². The van der Waals surface area contributed by atoms with E-state index in [-0.39, 0.29) is 10.0 Å². The van der Waals surface area contributed by atoms with Gasteiger partial charge in [0, 0.05) is 10.5 Å². The van der Waals surface area contributed by atoms with Gasteiger partial charge in [-0.15, -0.1) is 0 Å². The van der Waals surface area contributed by atoms with Crippen molar-refractivity contribution >= 4 is 27.6 Å². The molecule has 0 fully saturated rings. The monoisotopic (exact) mass is 270 g/mol. The second-order valence-electron chi connectivity index (χ2n) is 2.52. The number of carboxylic acids is 1. The van der Waals surface area contributed by atoms with Gasteiger partial charge >= 0.3 is 5.97 Å². The number of nitro groups is 1. The Kier molecular flexibility index (Phi) is 3.01. The highest BCUT2D eigenvalue weighted by Gasteiger charge is 2.24. The number of benzene rings is 1. The average molecular weight is 271 g/mol. The molecular weight excluding hydrogens is 268 g/mol. The van der Waals surface area contributed by atoms with E-state index in [0.29, 0.717) is 0 Å². The standard InChI is InChI=1S/C8H3BrN2O4/c9-5-1-4(3-10)7(8(12)13)6(2-5)11(14)15/h1-2H,(H,12,13). The van der Waals surface area contributed by atoms with Crippen molar-refractivity contribution in [1.82, 2.24) is 0 Å². The van der Waals surface area contributed by atoms with Crippen LogP contribution in [0.3, 0.4) is 0 Å². The molecule has 0 saturated heterocycles. The first kappa shape index (κ1) is 11.1. The zero-order chi connectivity index (χ0) is 11.6. The molecule has 7 heteroatoms. The summed E-state index contributed by atoms with van der Waals surface area (Å²) in [4.78, 5) is 20.5. The lowest BCUT2D eigenvalue weighted by Gasteiger charge is -2.00. The lowest BCUT2D eigenvalue weighted by Crippen LogP contribution is -2.05. The van der Waals surface area contributed by atoms with Crippen LogP contribution in [0.5, 0.6) is 0 Å². The molecule has 0 bridgehead atoms.